The predicted octanol–water partition coefficient (Wildman–Crippen LogP) is 0.842. The summed E-state index contributed by atoms with van der Waals surface area (Å²) in [5, 5.41) is 3.30. The third kappa shape index (κ3) is 3.58. The molecule has 1 amide bonds. The van der Waals surface area contributed by atoms with E-state index in [4.69, 9.17) is 4.74 Å². The molecule has 1 saturated carbocycles. The minimum Gasteiger partial charge on any atom is -0.375 e. The molecule has 0 bridgehead atoms. The fourth-order valence-corrected chi connectivity index (χ4v) is 4.10. The number of rotatable bonds is 3. The maximum absolute atomic E-state index is 12.4. The van der Waals surface area contributed by atoms with Crippen molar-refractivity contribution < 1.29 is 9.53 Å². The van der Waals surface area contributed by atoms with Crippen LogP contribution in [-0.4, -0.2) is 73.7 Å². The summed E-state index contributed by atoms with van der Waals surface area (Å²) >= 11 is 0. The summed E-state index contributed by atoms with van der Waals surface area (Å²) in [7, 11) is 2.11. The number of nitrogens with one attached hydrogen (secondary N) is 1. The standard InChI is InChI=1S/C16H29N3O2/c1-18(13-15(20)19-9-7-17-8-10-19)14-4-11-21-16(12-14)5-2-3-6-16/h14,17H,2-13H2,1H3. The molecule has 1 unspecified atom stereocenters. The summed E-state index contributed by atoms with van der Waals surface area (Å²) in [6.07, 6.45) is 7.20. The molecule has 21 heavy (non-hydrogen) atoms. The van der Waals surface area contributed by atoms with Crippen molar-refractivity contribution in [3.05, 3.63) is 0 Å². The van der Waals surface area contributed by atoms with Gasteiger partial charge in [0.15, 0.2) is 0 Å². The van der Waals surface area contributed by atoms with E-state index in [1.165, 1.54) is 25.7 Å². The van der Waals surface area contributed by atoms with Gasteiger partial charge in [0.25, 0.3) is 0 Å². The average molecular weight is 295 g/mol. The smallest absolute Gasteiger partial charge is 0.236 e. The number of ether oxygens (including phenoxy) is 1. The Kier molecular flexibility index (Phi) is 4.82. The predicted molar refractivity (Wildman–Crippen MR) is 82.3 cm³/mol. The highest BCUT2D eigenvalue weighted by atomic mass is 16.5. The van der Waals surface area contributed by atoms with Gasteiger partial charge in [-0.15, -0.1) is 0 Å². The van der Waals surface area contributed by atoms with Gasteiger partial charge in [0.2, 0.25) is 5.91 Å². The van der Waals surface area contributed by atoms with Crippen molar-refractivity contribution in [3.63, 3.8) is 0 Å². The Hall–Kier alpha value is -0.650. The van der Waals surface area contributed by atoms with E-state index in [1.54, 1.807) is 0 Å². The number of carbonyl (C=O) groups is 1. The fraction of sp³-hybridized carbons (Fsp3) is 0.938. The minimum atomic E-state index is 0.134. The Morgan fingerprint density at radius 2 is 2.05 bits per heavy atom. The van der Waals surface area contributed by atoms with E-state index in [0.717, 1.165) is 45.6 Å². The van der Waals surface area contributed by atoms with E-state index in [1.807, 2.05) is 4.90 Å². The van der Waals surface area contributed by atoms with Crippen molar-refractivity contribution >= 4 is 5.91 Å². The number of hydrogen-bond acceptors (Lipinski definition) is 4. The van der Waals surface area contributed by atoms with Crippen molar-refractivity contribution in [2.24, 2.45) is 0 Å². The Morgan fingerprint density at radius 1 is 1.33 bits per heavy atom. The number of carbonyl (C=O) groups excluding carboxylic acids is 1. The molecular weight excluding hydrogens is 266 g/mol. The van der Waals surface area contributed by atoms with Gasteiger partial charge < -0.3 is 15.0 Å². The van der Waals surface area contributed by atoms with E-state index in [2.05, 4.69) is 17.3 Å². The molecule has 1 aliphatic carbocycles. The second-order valence-corrected chi connectivity index (χ2v) is 6.93. The van der Waals surface area contributed by atoms with Gasteiger partial charge in [-0.2, -0.15) is 0 Å². The van der Waals surface area contributed by atoms with Crippen molar-refractivity contribution in [1.29, 1.82) is 0 Å². The first-order chi connectivity index (χ1) is 10.2. The zero-order valence-electron chi connectivity index (χ0n) is 13.3. The molecule has 2 heterocycles. The van der Waals surface area contributed by atoms with Crippen LogP contribution >= 0.6 is 0 Å². The third-order valence-electron chi connectivity index (χ3n) is 5.46. The second kappa shape index (κ2) is 6.63. The summed E-state index contributed by atoms with van der Waals surface area (Å²) in [4.78, 5) is 16.7. The van der Waals surface area contributed by atoms with Crippen molar-refractivity contribution in [2.45, 2.75) is 50.2 Å². The van der Waals surface area contributed by atoms with Gasteiger partial charge in [0.05, 0.1) is 12.1 Å². The molecule has 2 aliphatic heterocycles. The molecule has 1 atom stereocenters. The highest BCUT2D eigenvalue weighted by molar-refractivity contribution is 5.78. The topological polar surface area (TPSA) is 44.8 Å². The van der Waals surface area contributed by atoms with Gasteiger partial charge in [-0.05, 0) is 32.7 Å². The van der Waals surface area contributed by atoms with Crippen molar-refractivity contribution in [1.82, 2.24) is 15.1 Å². The molecule has 5 nitrogen and oxygen atoms in total. The summed E-state index contributed by atoms with van der Waals surface area (Å²) in [5.74, 6) is 0.283. The largest absolute Gasteiger partial charge is 0.375 e. The molecule has 3 rings (SSSR count). The zero-order chi connectivity index (χ0) is 14.7. The minimum absolute atomic E-state index is 0.134. The number of piperazine rings is 1. The van der Waals surface area contributed by atoms with Gasteiger partial charge in [-0.25, -0.2) is 0 Å². The summed E-state index contributed by atoms with van der Waals surface area (Å²) in [6, 6.07) is 0.503. The van der Waals surface area contributed by atoms with Gasteiger partial charge in [0.1, 0.15) is 0 Å². The van der Waals surface area contributed by atoms with E-state index in [-0.39, 0.29) is 11.5 Å². The molecule has 0 radical (unpaired) electrons. The van der Waals surface area contributed by atoms with E-state index >= 15 is 0 Å². The maximum atomic E-state index is 12.4. The molecule has 120 valence electrons. The lowest BCUT2D eigenvalue weighted by Crippen LogP contribution is -2.52. The normalized spacial score (nSPS) is 29.2. The summed E-state index contributed by atoms with van der Waals surface area (Å²) in [6.45, 7) is 4.97. The number of amides is 1. The number of likely N-dealkylation sites (N-methyl/N-ethyl adjacent to an activating group) is 1. The Balaban J connectivity index is 1.52. The molecular formula is C16H29N3O2. The maximum Gasteiger partial charge on any atom is 0.236 e. The number of hydrogen-bond donors (Lipinski definition) is 1. The van der Waals surface area contributed by atoms with Crippen LogP contribution in [0.15, 0.2) is 0 Å². The lowest BCUT2D eigenvalue weighted by Gasteiger charge is -2.42. The third-order valence-corrected chi connectivity index (χ3v) is 5.46. The monoisotopic (exact) mass is 295 g/mol. The van der Waals surface area contributed by atoms with E-state index < -0.39 is 0 Å². The van der Waals surface area contributed by atoms with E-state index in [0.29, 0.717) is 12.6 Å². The first-order valence-corrected chi connectivity index (χ1v) is 8.51. The number of nitrogens with zero attached hydrogens (tertiary/aromatic N) is 2. The molecule has 5 heteroatoms. The summed E-state index contributed by atoms with van der Waals surface area (Å²) in [5.41, 5.74) is 0.134. The fourth-order valence-electron chi connectivity index (χ4n) is 4.10. The quantitative estimate of drug-likeness (QED) is 0.838. The van der Waals surface area contributed by atoms with Gasteiger partial charge in [0, 0.05) is 38.8 Å². The van der Waals surface area contributed by atoms with Gasteiger partial charge in [-0.1, -0.05) is 12.8 Å². The first-order valence-electron chi connectivity index (χ1n) is 8.51. The molecule has 2 saturated heterocycles. The SMILES string of the molecule is CN(CC(=O)N1CCNCC1)C1CCOC2(CCCC2)C1. The van der Waals surface area contributed by atoms with Crippen LogP contribution in [0, 0.1) is 0 Å². The van der Waals surface area contributed by atoms with Crippen LogP contribution < -0.4 is 5.32 Å². The molecule has 0 aromatic heterocycles. The Labute approximate surface area is 128 Å². The van der Waals surface area contributed by atoms with Gasteiger partial charge >= 0.3 is 0 Å². The molecule has 1 spiro atoms. The Bertz CT molecular complexity index is 363. The highest BCUT2D eigenvalue weighted by Gasteiger charge is 2.41. The van der Waals surface area contributed by atoms with Crippen molar-refractivity contribution in [2.75, 3.05) is 46.4 Å². The van der Waals surface area contributed by atoms with Crippen LogP contribution in [-0.2, 0) is 9.53 Å². The zero-order valence-corrected chi connectivity index (χ0v) is 13.3. The summed E-state index contributed by atoms with van der Waals surface area (Å²) < 4.78 is 6.10. The molecule has 3 fully saturated rings. The molecule has 0 aromatic carbocycles. The Morgan fingerprint density at radius 3 is 2.76 bits per heavy atom. The second-order valence-electron chi connectivity index (χ2n) is 6.93. The first kappa shape index (κ1) is 15.3. The highest BCUT2D eigenvalue weighted by Crippen LogP contribution is 2.40. The lowest BCUT2D eigenvalue weighted by molar-refractivity contribution is -0.136. The lowest BCUT2D eigenvalue weighted by atomic mass is 9.88. The van der Waals surface area contributed by atoms with E-state index in [9.17, 15) is 4.79 Å². The van der Waals surface area contributed by atoms with Gasteiger partial charge in [-0.3, -0.25) is 9.69 Å². The van der Waals surface area contributed by atoms with Crippen LogP contribution in [0.5, 0.6) is 0 Å². The van der Waals surface area contributed by atoms with Crippen LogP contribution in [0.2, 0.25) is 0 Å². The molecule has 3 aliphatic rings. The van der Waals surface area contributed by atoms with Crippen LogP contribution in [0.25, 0.3) is 0 Å². The average Bonchev–Trinajstić information content (AvgIpc) is 2.96. The van der Waals surface area contributed by atoms with Crippen LogP contribution in [0.4, 0.5) is 0 Å². The molecule has 1 N–H and O–H groups in total. The molecule has 0 aromatic rings. The van der Waals surface area contributed by atoms with Crippen molar-refractivity contribution in [3.8, 4) is 0 Å². The van der Waals surface area contributed by atoms with Crippen LogP contribution in [0.1, 0.15) is 38.5 Å². The van der Waals surface area contributed by atoms with Crippen LogP contribution in [0.3, 0.4) is 0 Å².